The van der Waals surface area contributed by atoms with Crippen molar-refractivity contribution in [2.75, 3.05) is 5.32 Å². The minimum atomic E-state index is -1.03. The molecule has 2 N–H and O–H groups in total. The van der Waals surface area contributed by atoms with E-state index in [4.69, 9.17) is 6.42 Å². The lowest BCUT2D eigenvalue weighted by Gasteiger charge is -2.20. The van der Waals surface area contributed by atoms with Crippen molar-refractivity contribution in [3.63, 3.8) is 0 Å². The third kappa shape index (κ3) is 3.87. The quantitative estimate of drug-likeness (QED) is 0.583. The fourth-order valence-corrected chi connectivity index (χ4v) is 5.75. The van der Waals surface area contributed by atoms with Gasteiger partial charge in [0.15, 0.2) is 0 Å². The van der Waals surface area contributed by atoms with E-state index in [2.05, 4.69) is 16.2 Å². The molecular formula is C27H25FN2O2. The minimum Gasteiger partial charge on any atom is -0.383 e. The van der Waals surface area contributed by atoms with Crippen LogP contribution in [-0.2, 0) is 4.79 Å². The van der Waals surface area contributed by atoms with Crippen molar-refractivity contribution in [3.05, 3.63) is 71.7 Å². The number of aromatic nitrogens is 1. The lowest BCUT2D eigenvalue weighted by atomic mass is 9.89. The number of rotatable bonds is 4. The van der Waals surface area contributed by atoms with E-state index < -0.39 is 6.10 Å². The molecule has 3 aromatic rings. The van der Waals surface area contributed by atoms with E-state index in [0.717, 1.165) is 47.7 Å². The monoisotopic (exact) mass is 428 g/mol. The maximum absolute atomic E-state index is 13.8. The number of nitrogens with zero attached hydrogens (tertiary/aromatic N) is 1. The number of fused-ring (bicyclic) bond motifs is 2. The Morgan fingerprint density at radius 2 is 1.81 bits per heavy atom. The van der Waals surface area contributed by atoms with Gasteiger partial charge < -0.3 is 10.4 Å². The molecule has 4 nitrogen and oxygen atoms in total. The first-order valence-electron chi connectivity index (χ1n) is 11.1. The molecule has 2 aromatic carbocycles. The van der Waals surface area contributed by atoms with E-state index in [-0.39, 0.29) is 17.6 Å². The summed E-state index contributed by atoms with van der Waals surface area (Å²) in [5.41, 5.74) is 3.35. The van der Waals surface area contributed by atoms with Crippen molar-refractivity contribution in [1.82, 2.24) is 4.98 Å². The first kappa shape index (κ1) is 20.7. The van der Waals surface area contributed by atoms with Crippen LogP contribution in [0.1, 0.15) is 42.7 Å². The van der Waals surface area contributed by atoms with Gasteiger partial charge in [-0.3, -0.25) is 9.78 Å². The molecule has 5 heteroatoms. The van der Waals surface area contributed by atoms with Gasteiger partial charge in [0, 0.05) is 22.8 Å². The molecule has 0 radical (unpaired) electrons. The summed E-state index contributed by atoms with van der Waals surface area (Å²) in [6.07, 6.45) is 9.81. The summed E-state index contributed by atoms with van der Waals surface area (Å²) < 4.78 is 13.8. The molecule has 5 rings (SSSR count). The lowest BCUT2D eigenvalue weighted by molar-refractivity contribution is -0.126. The van der Waals surface area contributed by atoms with Crippen LogP contribution in [-0.4, -0.2) is 22.1 Å². The van der Waals surface area contributed by atoms with E-state index in [9.17, 15) is 14.3 Å². The van der Waals surface area contributed by atoms with Crippen LogP contribution < -0.4 is 5.32 Å². The number of aliphatic hydroxyl groups is 1. The molecule has 2 fully saturated rings. The van der Waals surface area contributed by atoms with Crippen molar-refractivity contribution < 1.29 is 14.3 Å². The van der Waals surface area contributed by atoms with Crippen LogP contribution in [0.4, 0.5) is 10.1 Å². The molecule has 162 valence electrons. The summed E-state index contributed by atoms with van der Waals surface area (Å²) in [5, 5.41) is 14.4. The SMILES string of the molecule is C#Cc1ccc(NC(=O)C(O)[C@H]2C[C@H]3CC(c4ccnc5ccc(F)cc45)C[C@H]3C2)cc1. The summed E-state index contributed by atoms with van der Waals surface area (Å²) in [7, 11) is 0. The Morgan fingerprint density at radius 1 is 1.09 bits per heavy atom. The van der Waals surface area contributed by atoms with Gasteiger partial charge in [-0.25, -0.2) is 4.39 Å². The second-order valence-corrected chi connectivity index (χ2v) is 9.14. The Hall–Kier alpha value is -3.23. The average molecular weight is 429 g/mol. The van der Waals surface area contributed by atoms with Gasteiger partial charge in [-0.15, -0.1) is 6.42 Å². The Kier molecular flexibility index (Phi) is 5.40. The highest BCUT2D eigenvalue weighted by atomic mass is 19.1. The predicted molar refractivity (Wildman–Crippen MR) is 122 cm³/mol. The highest BCUT2D eigenvalue weighted by Crippen LogP contribution is 2.53. The molecule has 1 amide bonds. The fraction of sp³-hybridized carbons (Fsp3) is 0.333. The zero-order valence-corrected chi connectivity index (χ0v) is 17.7. The number of hydrogen-bond donors (Lipinski definition) is 2. The first-order chi connectivity index (χ1) is 15.5. The molecule has 1 heterocycles. The van der Waals surface area contributed by atoms with Gasteiger partial charge in [0.1, 0.15) is 11.9 Å². The van der Waals surface area contributed by atoms with Crippen molar-refractivity contribution in [2.45, 2.75) is 37.7 Å². The van der Waals surface area contributed by atoms with E-state index >= 15 is 0 Å². The number of anilines is 1. The number of hydrogen-bond acceptors (Lipinski definition) is 3. The van der Waals surface area contributed by atoms with Crippen molar-refractivity contribution in [2.24, 2.45) is 17.8 Å². The van der Waals surface area contributed by atoms with E-state index in [1.165, 1.54) is 6.07 Å². The largest absolute Gasteiger partial charge is 0.383 e. The number of nitrogens with one attached hydrogen (secondary N) is 1. The van der Waals surface area contributed by atoms with Crippen LogP contribution in [0.15, 0.2) is 54.7 Å². The summed E-state index contributed by atoms with van der Waals surface area (Å²) >= 11 is 0. The maximum Gasteiger partial charge on any atom is 0.253 e. The van der Waals surface area contributed by atoms with Gasteiger partial charge in [-0.05, 0) is 103 Å². The van der Waals surface area contributed by atoms with Crippen molar-refractivity contribution in [3.8, 4) is 12.3 Å². The highest BCUT2D eigenvalue weighted by Gasteiger charge is 2.45. The highest BCUT2D eigenvalue weighted by molar-refractivity contribution is 5.94. The van der Waals surface area contributed by atoms with Crippen LogP contribution >= 0.6 is 0 Å². The number of aliphatic hydroxyl groups excluding tert-OH is 1. The lowest BCUT2D eigenvalue weighted by Crippen LogP contribution is -2.33. The molecule has 0 spiro atoms. The van der Waals surface area contributed by atoms with Crippen molar-refractivity contribution in [1.29, 1.82) is 0 Å². The Balaban J connectivity index is 1.23. The summed E-state index contributed by atoms with van der Waals surface area (Å²) in [6.45, 7) is 0. The second-order valence-electron chi connectivity index (χ2n) is 9.14. The van der Waals surface area contributed by atoms with Gasteiger partial charge >= 0.3 is 0 Å². The van der Waals surface area contributed by atoms with Crippen LogP contribution in [0, 0.1) is 35.9 Å². The number of carbonyl (C=O) groups is 1. The molecule has 2 aliphatic carbocycles. The molecule has 1 aromatic heterocycles. The molecule has 0 aliphatic heterocycles. The number of amides is 1. The second kappa shape index (κ2) is 8.37. The predicted octanol–water partition coefficient (Wildman–Crippen LogP) is 4.87. The van der Waals surface area contributed by atoms with Gasteiger partial charge in [0.2, 0.25) is 0 Å². The van der Waals surface area contributed by atoms with Gasteiger partial charge in [0.05, 0.1) is 5.52 Å². The smallest absolute Gasteiger partial charge is 0.253 e. The van der Waals surface area contributed by atoms with E-state index in [1.807, 2.05) is 6.07 Å². The topological polar surface area (TPSA) is 62.2 Å². The Labute approximate surface area is 186 Å². The van der Waals surface area contributed by atoms with Gasteiger partial charge in [-0.1, -0.05) is 5.92 Å². The van der Waals surface area contributed by atoms with Crippen LogP contribution in [0.5, 0.6) is 0 Å². The van der Waals surface area contributed by atoms with Gasteiger partial charge in [0.25, 0.3) is 5.91 Å². The zero-order chi connectivity index (χ0) is 22.2. The number of pyridine rings is 1. The molecule has 0 bridgehead atoms. The number of carbonyl (C=O) groups excluding carboxylic acids is 1. The first-order valence-corrected chi connectivity index (χ1v) is 11.1. The van der Waals surface area contributed by atoms with Crippen LogP contribution in [0.3, 0.4) is 0 Å². The number of terminal acetylenes is 1. The van der Waals surface area contributed by atoms with Crippen LogP contribution in [0.25, 0.3) is 10.9 Å². The Morgan fingerprint density at radius 3 is 2.50 bits per heavy atom. The number of halogens is 1. The normalized spacial score (nSPS) is 25.3. The molecule has 2 saturated carbocycles. The standard InChI is InChI=1S/C27H25FN2O2/c1-2-16-3-6-22(7-4-16)30-27(32)26(31)20-13-17-11-19(12-18(17)14-20)23-9-10-29-25-8-5-21(28)15-24(23)25/h1,3-10,15,17-20,26,31H,11-14H2,(H,30,32)/t17-,18+,19?,20+,26?. The minimum absolute atomic E-state index is 0.0393. The summed E-state index contributed by atoms with van der Waals surface area (Å²) in [5.74, 6) is 3.20. The fourth-order valence-electron chi connectivity index (χ4n) is 5.75. The van der Waals surface area contributed by atoms with Gasteiger partial charge in [-0.2, -0.15) is 0 Å². The third-order valence-corrected chi connectivity index (χ3v) is 7.26. The Bertz CT molecular complexity index is 1190. The maximum atomic E-state index is 13.8. The zero-order valence-electron chi connectivity index (χ0n) is 17.7. The van der Waals surface area contributed by atoms with Crippen LogP contribution in [0.2, 0.25) is 0 Å². The molecule has 2 aliphatic rings. The molecule has 2 unspecified atom stereocenters. The third-order valence-electron chi connectivity index (χ3n) is 7.26. The molecule has 5 atom stereocenters. The molecule has 0 saturated heterocycles. The van der Waals surface area contributed by atoms with E-state index in [0.29, 0.717) is 23.4 Å². The van der Waals surface area contributed by atoms with E-state index in [1.54, 1.807) is 42.6 Å². The summed E-state index contributed by atoms with van der Waals surface area (Å²) in [6, 6.07) is 13.8. The summed E-state index contributed by atoms with van der Waals surface area (Å²) in [4.78, 5) is 17.0. The number of benzene rings is 2. The molecule has 32 heavy (non-hydrogen) atoms. The average Bonchev–Trinajstić information content (AvgIpc) is 3.38. The molecular weight excluding hydrogens is 403 g/mol. The van der Waals surface area contributed by atoms with Crippen molar-refractivity contribution >= 4 is 22.5 Å².